The zero-order chi connectivity index (χ0) is 17.1. The van der Waals surface area contributed by atoms with Gasteiger partial charge in [-0.1, -0.05) is 12.1 Å². The maximum absolute atomic E-state index is 13.2. The van der Waals surface area contributed by atoms with Gasteiger partial charge in [0.1, 0.15) is 5.82 Å². The molecule has 0 bridgehead atoms. The Labute approximate surface area is 140 Å². The minimum atomic E-state index is -0.321. The van der Waals surface area contributed by atoms with Gasteiger partial charge in [0.15, 0.2) is 0 Å². The Morgan fingerprint density at radius 3 is 3.00 bits per heavy atom. The first-order chi connectivity index (χ1) is 11.6. The van der Waals surface area contributed by atoms with E-state index in [1.807, 2.05) is 4.90 Å². The molecule has 3 amide bonds. The molecule has 0 aromatic heterocycles. The molecule has 1 N–H and O–H groups in total. The quantitative estimate of drug-likeness (QED) is 0.884. The number of fused-ring (bicyclic) bond motifs is 1. The number of hydrogen-bond acceptors (Lipinski definition) is 3. The molecular weight excluding hydrogens is 313 g/mol. The fourth-order valence-electron chi connectivity index (χ4n) is 3.59. The van der Waals surface area contributed by atoms with Crippen LogP contribution in [0, 0.1) is 5.82 Å². The summed E-state index contributed by atoms with van der Waals surface area (Å²) in [6.45, 7) is 1.96. The van der Waals surface area contributed by atoms with Gasteiger partial charge in [-0.15, -0.1) is 0 Å². The molecule has 24 heavy (non-hydrogen) atoms. The molecule has 130 valence electrons. The second kappa shape index (κ2) is 7.17. The monoisotopic (exact) mass is 335 g/mol. The van der Waals surface area contributed by atoms with Crippen molar-refractivity contribution in [3.8, 4) is 0 Å². The molecule has 2 heterocycles. The number of rotatable bonds is 5. The highest BCUT2D eigenvalue weighted by Crippen LogP contribution is 2.32. The zero-order valence-corrected chi connectivity index (χ0v) is 13.7. The molecule has 0 aliphatic carbocycles. The first kappa shape index (κ1) is 16.7. The second-order valence-corrected chi connectivity index (χ2v) is 6.19. The summed E-state index contributed by atoms with van der Waals surface area (Å²) in [5.74, 6) is -0.247. The lowest BCUT2D eigenvalue weighted by Gasteiger charge is -2.25. The van der Waals surface area contributed by atoms with Crippen LogP contribution in [0.4, 0.5) is 9.18 Å². The number of urea groups is 1. The van der Waals surface area contributed by atoms with Crippen LogP contribution in [0.2, 0.25) is 0 Å². The van der Waals surface area contributed by atoms with Crippen molar-refractivity contribution in [2.75, 3.05) is 26.8 Å². The third kappa shape index (κ3) is 3.36. The van der Waals surface area contributed by atoms with Crippen LogP contribution >= 0.6 is 0 Å². The average molecular weight is 335 g/mol. The van der Waals surface area contributed by atoms with Crippen LogP contribution in [0.25, 0.3) is 0 Å². The third-order valence-corrected chi connectivity index (χ3v) is 4.74. The smallest absolute Gasteiger partial charge is 0.318 e. The Hall–Kier alpha value is -2.15. The van der Waals surface area contributed by atoms with Crippen LogP contribution in [0.3, 0.4) is 0 Å². The predicted octanol–water partition coefficient (Wildman–Crippen LogP) is 1.36. The highest BCUT2D eigenvalue weighted by molar-refractivity contribution is 5.83. The van der Waals surface area contributed by atoms with Gasteiger partial charge in [0, 0.05) is 33.2 Å². The summed E-state index contributed by atoms with van der Waals surface area (Å²) in [7, 11) is 1.61. The van der Waals surface area contributed by atoms with Crippen molar-refractivity contribution in [1.82, 2.24) is 15.1 Å². The van der Waals surface area contributed by atoms with E-state index in [4.69, 9.17) is 4.74 Å². The molecule has 0 spiro atoms. The Morgan fingerprint density at radius 2 is 2.25 bits per heavy atom. The van der Waals surface area contributed by atoms with Crippen LogP contribution < -0.4 is 5.32 Å². The number of carbonyl (C=O) groups excluding carboxylic acids is 2. The Kier molecular flexibility index (Phi) is 4.99. The summed E-state index contributed by atoms with van der Waals surface area (Å²) >= 11 is 0. The molecule has 2 atom stereocenters. The molecule has 2 saturated heterocycles. The van der Waals surface area contributed by atoms with E-state index in [2.05, 4.69) is 5.32 Å². The number of hydrogen-bond donors (Lipinski definition) is 1. The number of likely N-dealkylation sites (tertiary alicyclic amines) is 2. The van der Waals surface area contributed by atoms with Crippen molar-refractivity contribution in [1.29, 1.82) is 0 Å². The van der Waals surface area contributed by atoms with Gasteiger partial charge >= 0.3 is 6.03 Å². The fourth-order valence-corrected chi connectivity index (χ4v) is 3.59. The summed E-state index contributed by atoms with van der Waals surface area (Å²) in [5.41, 5.74) is 0.711. The van der Waals surface area contributed by atoms with E-state index >= 15 is 0 Å². The lowest BCUT2D eigenvalue weighted by atomic mass is 10.1. The minimum absolute atomic E-state index is 0.0738. The Bertz CT molecular complexity index is 625. The molecule has 2 aliphatic rings. The van der Waals surface area contributed by atoms with Crippen molar-refractivity contribution >= 4 is 11.9 Å². The standard InChI is InChI=1S/C17H22FN3O3/c1-24-8-7-20-14-5-6-21(15(14)10-16(20)22)17(23)19-11-12-3-2-4-13(18)9-12/h2-4,9,14-15H,5-8,10-11H2,1H3,(H,19,23)/t14-,15+/m1/s1. The molecule has 0 radical (unpaired) electrons. The highest BCUT2D eigenvalue weighted by Gasteiger charge is 2.47. The predicted molar refractivity (Wildman–Crippen MR) is 85.7 cm³/mol. The van der Waals surface area contributed by atoms with Crippen LogP contribution in [0.1, 0.15) is 18.4 Å². The van der Waals surface area contributed by atoms with Crippen molar-refractivity contribution < 1.29 is 18.7 Å². The van der Waals surface area contributed by atoms with E-state index in [9.17, 15) is 14.0 Å². The number of methoxy groups -OCH3 is 1. The van der Waals surface area contributed by atoms with Crippen molar-refractivity contribution in [2.45, 2.75) is 31.5 Å². The Balaban J connectivity index is 1.58. The topological polar surface area (TPSA) is 61.9 Å². The van der Waals surface area contributed by atoms with Crippen LogP contribution in [-0.2, 0) is 16.1 Å². The number of benzene rings is 1. The molecule has 7 heteroatoms. The van der Waals surface area contributed by atoms with Gasteiger partial charge < -0.3 is 19.9 Å². The van der Waals surface area contributed by atoms with Crippen molar-refractivity contribution in [3.63, 3.8) is 0 Å². The molecule has 2 fully saturated rings. The summed E-state index contributed by atoms with van der Waals surface area (Å²) in [5, 5.41) is 2.82. The first-order valence-corrected chi connectivity index (χ1v) is 8.17. The van der Waals surface area contributed by atoms with Crippen LogP contribution in [0.5, 0.6) is 0 Å². The lowest BCUT2D eigenvalue weighted by Crippen LogP contribution is -2.44. The number of halogens is 1. The third-order valence-electron chi connectivity index (χ3n) is 4.74. The largest absolute Gasteiger partial charge is 0.383 e. The summed E-state index contributed by atoms with van der Waals surface area (Å²) in [6.07, 6.45) is 1.15. The SMILES string of the molecule is COCCN1C(=O)C[C@H]2[C@H]1CCN2C(=O)NCc1cccc(F)c1. The fraction of sp³-hybridized carbons (Fsp3) is 0.529. The van der Waals surface area contributed by atoms with E-state index in [1.165, 1.54) is 12.1 Å². The van der Waals surface area contributed by atoms with Gasteiger partial charge in [0.25, 0.3) is 0 Å². The molecule has 0 unspecified atom stereocenters. The van der Waals surface area contributed by atoms with Crippen LogP contribution in [-0.4, -0.2) is 60.6 Å². The van der Waals surface area contributed by atoms with E-state index < -0.39 is 0 Å². The van der Waals surface area contributed by atoms with E-state index in [1.54, 1.807) is 24.1 Å². The Morgan fingerprint density at radius 1 is 1.42 bits per heavy atom. The summed E-state index contributed by atoms with van der Waals surface area (Å²) in [4.78, 5) is 28.1. The minimum Gasteiger partial charge on any atom is -0.383 e. The van der Waals surface area contributed by atoms with Crippen molar-refractivity contribution in [3.05, 3.63) is 35.6 Å². The molecule has 1 aromatic carbocycles. The van der Waals surface area contributed by atoms with Gasteiger partial charge in [-0.3, -0.25) is 4.79 Å². The van der Waals surface area contributed by atoms with Crippen molar-refractivity contribution in [2.24, 2.45) is 0 Å². The lowest BCUT2D eigenvalue weighted by molar-refractivity contribution is -0.129. The normalized spacial score (nSPS) is 22.8. The number of carbonyl (C=O) groups is 2. The maximum Gasteiger partial charge on any atom is 0.318 e. The van der Waals surface area contributed by atoms with E-state index in [-0.39, 0.29) is 36.4 Å². The van der Waals surface area contributed by atoms with Gasteiger partial charge in [-0.05, 0) is 24.1 Å². The molecule has 3 rings (SSSR count). The van der Waals surface area contributed by atoms with E-state index in [0.717, 1.165) is 6.42 Å². The second-order valence-electron chi connectivity index (χ2n) is 6.19. The molecule has 1 aromatic rings. The maximum atomic E-state index is 13.2. The molecule has 0 saturated carbocycles. The summed E-state index contributed by atoms with van der Waals surface area (Å²) < 4.78 is 18.2. The number of ether oxygens (including phenoxy) is 1. The number of amides is 3. The van der Waals surface area contributed by atoms with Gasteiger partial charge in [-0.25, -0.2) is 9.18 Å². The molecule has 2 aliphatic heterocycles. The average Bonchev–Trinajstić information content (AvgIpc) is 3.09. The highest BCUT2D eigenvalue weighted by atomic mass is 19.1. The van der Waals surface area contributed by atoms with Gasteiger partial charge in [0.05, 0.1) is 18.7 Å². The molecule has 6 nitrogen and oxygen atoms in total. The van der Waals surface area contributed by atoms with Crippen LogP contribution in [0.15, 0.2) is 24.3 Å². The summed E-state index contributed by atoms with van der Waals surface area (Å²) in [6, 6.07) is 5.95. The van der Waals surface area contributed by atoms with Gasteiger partial charge in [-0.2, -0.15) is 0 Å². The number of nitrogens with one attached hydrogen (secondary N) is 1. The van der Waals surface area contributed by atoms with Gasteiger partial charge in [0.2, 0.25) is 5.91 Å². The molecular formula is C17H22FN3O3. The zero-order valence-electron chi connectivity index (χ0n) is 13.7. The van der Waals surface area contributed by atoms with E-state index in [0.29, 0.717) is 31.7 Å². The first-order valence-electron chi connectivity index (χ1n) is 8.17. The number of nitrogens with zero attached hydrogens (tertiary/aromatic N) is 2.